The zero-order valence-electron chi connectivity index (χ0n) is 10.7. The number of ether oxygens (including phenoxy) is 1. The Hall–Kier alpha value is -0.800. The molecule has 1 aliphatic carbocycles. The van der Waals surface area contributed by atoms with E-state index in [-0.39, 0.29) is 17.8 Å². The quantitative estimate of drug-likeness (QED) is 0.748. The number of esters is 1. The predicted molar refractivity (Wildman–Crippen MR) is 80.2 cm³/mol. The smallest absolute Gasteiger partial charge is 0.313 e. The molecule has 0 N–H and O–H groups in total. The lowest BCUT2D eigenvalue weighted by molar-refractivity contribution is -0.143. The first-order chi connectivity index (χ1) is 9.11. The zero-order chi connectivity index (χ0) is 13.8. The molecule has 0 amide bonds. The molecule has 0 spiro atoms. The van der Waals surface area contributed by atoms with E-state index in [2.05, 4.69) is 15.9 Å². The van der Waals surface area contributed by atoms with Crippen LogP contribution in [0.3, 0.4) is 0 Å². The number of rotatable bonds is 3. The van der Waals surface area contributed by atoms with Crippen molar-refractivity contribution in [3.8, 4) is 0 Å². The van der Waals surface area contributed by atoms with Crippen molar-refractivity contribution in [1.82, 2.24) is 0 Å². The molecule has 0 bridgehead atoms. The molecule has 0 radical (unpaired) electrons. The minimum atomic E-state index is -0.271. The first-order valence-corrected chi connectivity index (χ1v) is 7.48. The second-order valence-corrected chi connectivity index (χ2v) is 6.12. The molecule has 0 heterocycles. The van der Waals surface area contributed by atoms with Crippen LogP contribution in [0.4, 0.5) is 0 Å². The van der Waals surface area contributed by atoms with E-state index in [1.807, 2.05) is 30.3 Å². The molecule has 19 heavy (non-hydrogen) atoms. The van der Waals surface area contributed by atoms with Gasteiger partial charge in [-0.05, 0) is 42.9 Å². The van der Waals surface area contributed by atoms with Gasteiger partial charge in [0.15, 0.2) is 0 Å². The van der Waals surface area contributed by atoms with E-state index in [1.165, 1.54) is 7.11 Å². The maximum atomic E-state index is 12.1. The van der Waals surface area contributed by atoms with Crippen LogP contribution in [-0.4, -0.2) is 13.1 Å². The molecular weight excluding hydrogens is 328 g/mol. The van der Waals surface area contributed by atoms with E-state index < -0.39 is 0 Å². The van der Waals surface area contributed by atoms with Gasteiger partial charge >= 0.3 is 5.97 Å². The summed E-state index contributed by atoms with van der Waals surface area (Å²) >= 11 is 9.52. The van der Waals surface area contributed by atoms with Gasteiger partial charge in [0, 0.05) is 9.51 Å². The highest BCUT2D eigenvalue weighted by Crippen LogP contribution is 2.36. The predicted octanol–water partition coefficient (Wildman–Crippen LogP) is 4.63. The minimum absolute atomic E-state index is 0.120. The second kappa shape index (κ2) is 6.58. The zero-order valence-corrected chi connectivity index (χ0v) is 13.1. The van der Waals surface area contributed by atoms with Crippen molar-refractivity contribution in [2.24, 2.45) is 5.92 Å². The SMILES string of the molecule is COC(=O)[C@@H](c1ccc(Br)cc1)[C@H]1C=C(Cl)CCC1. The van der Waals surface area contributed by atoms with Crippen LogP contribution in [0.5, 0.6) is 0 Å². The summed E-state index contributed by atoms with van der Waals surface area (Å²) < 4.78 is 5.96. The van der Waals surface area contributed by atoms with Gasteiger partial charge in [0.05, 0.1) is 13.0 Å². The van der Waals surface area contributed by atoms with Crippen molar-refractivity contribution in [2.45, 2.75) is 25.2 Å². The standard InChI is InChI=1S/C15H16BrClO2/c1-19-15(18)14(10-5-7-12(16)8-6-10)11-3-2-4-13(17)9-11/h5-9,11,14H,2-4H2,1H3/t11-,14+/m1/s1. The molecule has 1 aliphatic rings. The summed E-state index contributed by atoms with van der Waals surface area (Å²) in [5.41, 5.74) is 0.975. The van der Waals surface area contributed by atoms with Gasteiger partial charge in [0.2, 0.25) is 0 Å². The fraction of sp³-hybridized carbons (Fsp3) is 0.400. The summed E-state index contributed by atoms with van der Waals surface area (Å²) in [5, 5.41) is 0.849. The Balaban J connectivity index is 2.33. The van der Waals surface area contributed by atoms with Crippen molar-refractivity contribution >= 4 is 33.5 Å². The molecule has 0 saturated carbocycles. The van der Waals surface area contributed by atoms with Gasteiger partial charge in [-0.3, -0.25) is 4.79 Å². The first kappa shape index (κ1) is 14.6. The molecule has 0 unspecified atom stereocenters. The Morgan fingerprint density at radius 2 is 2.11 bits per heavy atom. The monoisotopic (exact) mass is 342 g/mol. The van der Waals surface area contributed by atoms with Crippen LogP contribution < -0.4 is 0 Å². The molecule has 0 aliphatic heterocycles. The van der Waals surface area contributed by atoms with Gasteiger partial charge in [-0.1, -0.05) is 45.7 Å². The number of carbonyl (C=O) groups is 1. The highest BCUT2D eigenvalue weighted by molar-refractivity contribution is 9.10. The molecule has 0 fully saturated rings. The third-order valence-corrected chi connectivity index (χ3v) is 4.30. The lowest BCUT2D eigenvalue weighted by Crippen LogP contribution is -2.23. The second-order valence-electron chi connectivity index (χ2n) is 4.72. The lowest BCUT2D eigenvalue weighted by Gasteiger charge is -2.26. The largest absolute Gasteiger partial charge is 0.469 e. The van der Waals surface area contributed by atoms with Gasteiger partial charge in [-0.2, -0.15) is 0 Å². The van der Waals surface area contributed by atoms with Gasteiger partial charge in [0.25, 0.3) is 0 Å². The number of carbonyl (C=O) groups excluding carboxylic acids is 1. The van der Waals surface area contributed by atoms with E-state index in [0.29, 0.717) is 0 Å². The van der Waals surface area contributed by atoms with Crippen LogP contribution in [-0.2, 0) is 9.53 Å². The third kappa shape index (κ3) is 3.61. The van der Waals surface area contributed by atoms with Crippen molar-refractivity contribution < 1.29 is 9.53 Å². The summed E-state index contributed by atoms with van der Waals surface area (Å²) in [7, 11) is 1.43. The molecule has 102 valence electrons. The molecular formula is C15H16BrClO2. The highest BCUT2D eigenvalue weighted by Gasteiger charge is 2.31. The van der Waals surface area contributed by atoms with Gasteiger partial charge < -0.3 is 4.74 Å². The van der Waals surface area contributed by atoms with Crippen molar-refractivity contribution in [1.29, 1.82) is 0 Å². The molecule has 1 aromatic carbocycles. The van der Waals surface area contributed by atoms with Crippen LogP contribution >= 0.6 is 27.5 Å². The van der Waals surface area contributed by atoms with Crippen molar-refractivity contribution in [3.05, 3.63) is 45.4 Å². The summed E-state index contributed by atoms with van der Waals surface area (Å²) in [4.78, 5) is 12.1. The average Bonchev–Trinajstić information content (AvgIpc) is 2.41. The first-order valence-electron chi connectivity index (χ1n) is 6.31. The Bertz CT molecular complexity index is 481. The fourth-order valence-corrected chi connectivity index (χ4v) is 3.08. The Morgan fingerprint density at radius 3 is 2.68 bits per heavy atom. The number of halogens is 2. The van der Waals surface area contributed by atoms with E-state index >= 15 is 0 Å². The number of benzene rings is 1. The van der Waals surface area contributed by atoms with Gasteiger partial charge in [-0.15, -0.1) is 0 Å². The molecule has 4 heteroatoms. The van der Waals surface area contributed by atoms with Gasteiger partial charge in [-0.25, -0.2) is 0 Å². The molecule has 2 rings (SSSR count). The number of hydrogen-bond donors (Lipinski definition) is 0. The normalized spacial score (nSPS) is 20.6. The maximum Gasteiger partial charge on any atom is 0.313 e. The Morgan fingerprint density at radius 1 is 1.42 bits per heavy atom. The van der Waals surface area contributed by atoms with Crippen LogP contribution in [0.25, 0.3) is 0 Å². The van der Waals surface area contributed by atoms with Crippen LogP contribution in [0, 0.1) is 5.92 Å². The van der Waals surface area contributed by atoms with E-state index in [4.69, 9.17) is 16.3 Å². The summed E-state index contributed by atoms with van der Waals surface area (Å²) in [6.07, 6.45) is 4.90. The number of hydrogen-bond acceptors (Lipinski definition) is 2. The lowest BCUT2D eigenvalue weighted by atomic mass is 9.80. The summed E-state index contributed by atoms with van der Waals surface area (Å²) in [6, 6.07) is 7.81. The summed E-state index contributed by atoms with van der Waals surface area (Å²) in [6.45, 7) is 0. The van der Waals surface area contributed by atoms with Crippen molar-refractivity contribution in [3.63, 3.8) is 0 Å². The highest BCUT2D eigenvalue weighted by atomic mass is 79.9. The molecule has 0 saturated heterocycles. The molecule has 1 aromatic rings. The third-order valence-electron chi connectivity index (χ3n) is 3.46. The van der Waals surface area contributed by atoms with Crippen LogP contribution in [0.1, 0.15) is 30.7 Å². The van der Waals surface area contributed by atoms with Crippen LogP contribution in [0.15, 0.2) is 39.8 Å². The van der Waals surface area contributed by atoms with E-state index in [9.17, 15) is 4.79 Å². The minimum Gasteiger partial charge on any atom is -0.469 e. The summed E-state index contributed by atoms with van der Waals surface area (Å²) in [5.74, 6) is -0.350. The van der Waals surface area contributed by atoms with E-state index in [0.717, 1.165) is 34.3 Å². The number of methoxy groups -OCH3 is 1. The maximum absolute atomic E-state index is 12.1. The van der Waals surface area contributed by atoms with E-state index in [1.54, 1.807) is 0 Å². The number of allylic oxidation sites excluding steroid dienone is 2. The van der Waals surface area contributed by atoms with Gasteiger partial charge in [0.1, 0.15) is 0 Å². The fourth-order valence-electron chi connectivity index (χ4n) is 2.52. The Kier molecular flexibility index (Phi) is 5.06. The Labute approximate surface area is 126 Å². The van der Waals surface area contributed by atoms with Crippen molar-refractivity contribution in [2.75, 3.05) is 7.11 Å². The molecule has 2 atom stereocenters. The topological polar surface area (TPSA) is 26.3 Å². The molecule has 0 aromatic heterocycles. The van der Waals surface area contributed by atoms with Crippen LogP contribution in [0.2, 0.25) is 0 Å². The molecule has 2 nitrogen and oxygen atoms in total. The average molecular weight is 344 g/mol.